The van der Waals surface area contributed by atoms with Gasteiger partial charge in [-0.25, -0.2) is 0 Å². The zero-order valence-electron chi connectivity index (χ0n) is 2.31. The summed E-state index contributed by atoms with van der Waals surface area (Å²) in [7, 11) is 0. The maximum atomic E-state index is 2.25. The Kier molecular flexibility index (Phi) is 75.6. The Morgan fingerprint density at radius 2 is 0.750 bits per heavy atom. The third-order valence-corrected chi connectivity index (χ3v) is 0. The summed E-state index contributed by atoms with van der Waals surface area (Å²) in [5.41, 5.74) is 0. The van der Waals surface area contributed by atoms with E-state index in [9.17, 15) is 0 Å². The van der Waals surface area contributed by atoms with Crippen LogP contribution in [0.4, 0.5) is 0 Å². The first-order valence-corrected chi connectivity index (χ1v) is 5.40. The van der Waals surface area contributed by atoms with Crippen molar-refractivity contribution >= 4 is 28.4 Å². The fraction of sp³-hybridized carbons (Fsp3) is 0. The van der Waals surface area contributed by atoms with E-state index in [1.807, 2.05) is 0 Å². The Labute approximate surface area is 66.6 Å². The Hall–Kier alpha value is 2.29. The quantitative estimate of drug-likeness (QED) is 0.487. The second-order valence-corrected chi connectivity index (χ2v) is 0. The fourth-order valence-corrected chi connectivity index (χ4v) is 0. The molecule has 4 heteroatoms. The van der Waals surface area contributed by atoms with Crippen LogP contribution in [0.2, 0.25) is 0 Å². The fourth-order valence-electron chi connectivity index (χ4n) is 0. The second kappa shape index (κ2) is 18.6. The van der Waals surface area contributed by atoms with Gasteiger partial charge in [0.15, 0.2) is 0 Å². The molecule has 0 radical (unpaired) electrons. The van der Waals surface area contributed by atoms with Gasteiger partial charge in [0, 0.05) is 39.0 Å². The van der Waals surface area contributed by atoms with Crippen molar-refractivity contribution in [3.05, 3.63) is 0 Å². The van der Waals surface area contributed by atoms with Crippen molar-refractivity contribution in [3.63, 3.8) is 0 Å². The van der Waals surface area contributed by atoms with Crippen LogP contribution in [0.1, 0.15) is 0 Å². The van der Waals surface area contributed by atoms with Gasteiger partial charge in [-0.05, 0) is 0 Å². The molecular formula is H2Se2Zn2. The standard InChI is InChI=1S/H2Se2.2Zn/c1-2;;/h1-2H;;. The van der Waals surface area contributed by atoms with Crippen LogP contribution in [0.25, 0.3) is 0 Å². The van der Waals surface area contributed by atoms with Gasteiger partial charge in [0.2, 0.25) is 0 Å². The SMILES string of the molecule is [SeH][SeH].[Zn].[Zn]. The molecule has 0 unspecified atom stereocenters. The predicted molar refractivity (Wildman–Crippen MR) is 14.3 cm³/mol. The molecule has 0 aromatic rings. The molecule has 0 aliphatic rings. The molecule has 0 aliphatic heterocycles. The van der Waals surface area contributed by atoms with E-state index in [4.69, 9.17) is 0 Å². The maximum Gasteiger partial charge on any atom is 0 e. The van der Waals surface area contributed by atoms with Crippen molar-refractivity contribution in [3.8, 4) is 0 Å². The van der Waals surface area contributed by atoms with E-state index in [-0.39, 0.29) is 39.0 Å². The van der Waals surface area contributed by atoms with Crippen LogP contribution in [-0.2, 0) is 39.0 Å². The average Bonchev–Trinajstić information content (AvgIpc) is 1.00. The van der Waals surface area contributed by atoms with Crippen molar-refractivity contribution in [2.75, 3.05) is 0 Å². The first-order valence-electron chi connectivity index (χ1n) is 0.200. The van der Waals surface area contributed by atoms with Crippen LogP contribution < -0.4 is 0 Å². The van der Waals surface area contributed by atoms with Gasteiger partial charge in [0.25, 0.3) is 0 Å². The Bertz CT molecular complexity index is 4.00. The number of hydrogen-bond donors (Lipinski definition) is 0. The van der Waals surface area contributed by atoms with Crippen molar-refractivity contribution in [1.82, 2.24) is 0 Å². The Balaban J connectivity index is -0.00000000500. The largest absolute Gasteiger partial charge is 0 e. The summed E-state index contributed by atoms with van der Waals surface area (Å²) >= 11 is 4.50. The third-order valence-electron chi connectivity index (χ3n) is 0. The summed E-state index contributed by atoms with van der Waals surface area (Å²) in [5.74, 6) is 0. The number of hydrogen-bond acceptors (Lipinski definition) is 0. The van der Waals surface area contributed by atoms with Crippen molar-refractivity contribution in [2.24, 2.45) is 0 Å². The van der Waals surface area contributed by atoms with Crippen molar-refractivity contribution in [2.45, 2.75) is 0 Å². The molecule has 0 heterocycles. The molecule has 0 atom stereocenters. The van der Waals surface area contributed by atoms with Gasteiger partial charge in [-0.15, -0.1) is 0 Å². The van der Waals surface area contributed by atoms with E-state index >= 15 is 0 Å². The summed E-state index contributed by atoms with van der Waals surface area (Å²) in [6.07, 6.45) is 0. The van der Waals surface area contributed by atoms with E-state index in [2.05, 4.69) is 28.4 Å². The molecule has 0 N–H and O–H groups in total. The van der Waals surface area contributed by atoms with E-state index in [1.165, 1.54) is 0 Å². The minimum atomic E-state index is 0. The smallest absolute Gasteiger partial charge is 0 e. The normalized spacial score (nSPS) is 1.50. The monoisotopic (exact) mass is 290 g/mol. The van der Waals surface area contributed by atoms with Crippen molar-refractivity contribution < 1.29 is 39.0 Å². The van der Waals surface area contributed by atoms with Crippen LogP contribution in [0.15, 0.2) is 0 Å². The molecule has 0 saturated heterocycles. The first-order chi connectivity index (χ1) is 1.00. The molecule has 0 fully saturated rings. The molecule has 0 bridgehead atoms. The molecule has 0 amide bonds. The molecule has 0 spiro atoms. The predicted octanol–water partition coefficient (Wildman–Crippen LogP) is -1.30. The molecule has 0 nitrogen and oxygen atoms in total. The van der Waals surface area contributed by atoms with Crippen LogP contribution in [0.5, 0.6) is 0 Å². The van der Waals surface area contributed by atoms with Crippen LogP contribution in [0.3, 0.4) is 0 Å². The van der Waals surface area contributed by atoms with E-state index < -0.39 is 0 Å². The van der Waals surface area contributed by atoms with Crippen LogP contribution in [-0.4, -0.2) is 28.4 Å². The summed E-state index contributed by atoms with van der Waals surface area (Å²) in [4.78, 5) is 0. The molecule has 0 aromatic carbocycles. The zero-order chi connectivity index (χ0) is 2.00. The second-order valence-electron chi connectivity index (χ2n) is 0. The molecule has 4 heavy (non-hydrogen) atoms. The van der Waals surface area contributed by atoms with E-state index in [1.54, 1.807) is 0 Å². The zero-order valence-corrected chi connectivity index (χ0v) is 12.0. The van der Waals surface area contributed by atoms with Gasteiger partial charge in [-0.3, -0.25) is 0 Å². The van der Waals surface area contributed by atoms with Gasteiger partial charge < -0.3 is 0 Å². The Morgan fingerprint density at radius 3 is 0.750 bits per heavy atom. The van der Waals surface area contributed by atoms with Gasteiger partial charge in [-0.2, -0.15) is 0 Å². The summed E-state index contributed by atoms with van der Waals surface area (Å²) in [5, 5.41) is 0. The maximum absolute atomic E-state index is 2.25. The minimum absolute atomic E-state index is 0. The van der Waals surface area contributed by atoms with Crippen LogP contribution in [0, 0.1) is 0 Å². The van der Waals surface area contributed by atoms with Crippen LogP contribution >= 0.6 is 0 Å². The Morgan fingerprint density at radius 1 is 0.750 bits per heavy atom. The van der Waals surface area contributed by atoms with Gasteiger partial charge in [0.1, 0.15) is 0 Å². The van der Waals surface area contributed by atoms with E-state index in [0.29, 0.717) is 0 Å². The minimum Gasteiger partial charge on any atom is 0 e. The molecule has 18 valence electrons. The van der Waals surface area contributed by atoms with Gasteiger partial charge in [-0.1, -0.05) is 0 Å². The molecule has 0 aliphatic carbocycles. The first kappa shape index (κ1) is 16.3. The van der Waals surface area contributed by atoms with Gasteiger partial charge >= 0.3 is 28.4 Å². The molecule has 0 aromatic heterocycles. The topological polar surface area (TPSA) is 0 Å². The molecular weight excluding hydrogens is 289 g/mol. The summed E-state index contributed by atoms with van der Waals surface area (Å²) in [6, 6.07) is 0. The third kappa shape index (κ3) is 8.86. The van der Waals surface area contributed by atoms with E-state index in [0.717, 1.165) is 0 Å². The average molecular weight is 291 g/mol. The number of rotatable bonds is 0. The van der Waals surface area contributed by atoms with Crippen molar-refractivity contribution in [1.29, 1.82) is 0 Å². The summed E-state index contributed by atoms with van der Waals surface area (Å²) < 4.78 is 0. The molecule has 0 rings (SSSR count). The molecule has 0 saturated carbocycles. The summed E-state index contributed by atoms with van der Waals surface area (Å²) in [6.45, 7) is 0. The van der Waals surface area contributed by atoms with Gasteiger partial charge in [0.05, 0.1) is 0 Å².